The molecule has 0 aromatic heterocycles. The number of carbonyl (C=O) groups excluding carboxylic acids is 1. The minimum Gasteiger partial charge on any atom is -0.327 e. The number of amides is 1. The van der Waals surface area contributed by atoms with E-state index >= 15 is 0 Å². The molecule has 0 aliphatic carbocycles. The maximum Gasteiger partial charge on any atom is 0.279 e. The Morgan fingerprint density at radius 2 is 1.75 bits per heavy atom. The van der Waals surface area contributed by atoms with E-state index in [0.717, 1.165) is 5.56 Å². The zero-order chi connectivity index (χ0) is 25.3. The summed E-state index contributed by atoms with van der Waals surface area (Å²) in [5, 5.41) is 0.819. The highest BCUT2D eigenvalue weighted by molar-refractivity contribution is 7.92. The Kier molecular flexibility index (Phi) is 6.49. The summed E-state index contributed by atoms with van der Waals surface area (Å²) in [5.74, 6) is 0.190. The van der Waals surface area contributed by atoms with Crippen molar-refractivity contribution >= 4 is 56.5 Å². The molecule has 3 aromatic rings. The van der Waals surface area contributed by atoms with Crippen LogP contribution in [-0.2, 0) is 16.6 Å². The van der Waals surface area contributed by atoms with Crippen LogP contribution >= 0.6 is 23.2 Å². The Hall–Kier alpha value is -3.72. The van der Waals surface area contributed by atoms with Gasteiger partial charge in [-0.2, -0.15) is 4.99 Å². The third-order valence-corrected chi connectivity index (χ3v) is 7.42. The summed E-state index contributed by atoms with van der Waals surface area (Å²) in [6, 6.07) is 19.7. The predicted molar refractivity (Wildman–Crippen MR) is 142 cm³/mol. The molecule has 2 heterocycles. The number of para-hydroxylation sites is 1. The van der Waals surface area contributed by atoms with Crippen LogP contribution in [0, 0.1) is 0 Å². The summed E-state index contributed by atoms with van der Waals surface area (Å²) >= 11 is 12.2. The van der Waals surface area contributed by atoms with E-state index in [0.29, 0.717) is 23.0 Å². The van der Waals surface area contributed by atoms with Crippen LogP contribution in [0.2, 0.25) is 5.02 Å². The van der Waals surface area contributed by atoms with Gasteiger partial charge in [0.1, 0.15) is 5.84 Å². The van der Waals surface area contributed by atoms with Crippen LogP contribution in [0.15, 0.2) is 111 Å². The third-order valence-electron chi connectivity index (χ3n) is 5.50. The molecule has 0 atom stereocenters. The van der Waals surface area contributed by atoms with Crippen molar-refractivity contribution in [2.75, 3.05) is 4.72 Å². The molecule has 0 spiro atoms. The molecule has 36 heavy (non-hydrogen) atoms. The van der Waals surface area contributed by atoms with Gasteiger partial charge < -0.3 is 4.90 Å². The van der Waals surface area contributed by atoms with Crippen LogP contribution in [0.3, 0.4) is 0 Å². The standard InChI is InChI=1S/C26H18Cl2N4O3S/c27-19-12-13-24-29-25(21-9-2-1-6-18(21)15-32(24)16-19)30-26(33)17-7-5-8-20(14-17)36(34,35)31-23-11-4-3-10-22(23)28/h1-14,16,31H,15H2. The summed E-state index contributed by atoms with van der Waals surface area (Å²) in [6.07, 6.45) is 5.23. The van der Waals surface area contributed by atoms with Gasteiger partial charge in [-0.3, -0.25) is 9.52 Å². The highest BCUT2D eigenvalue weighted by Gasteiger charge is 2.23. The van der Waals surface area contributed by atoms with Gasteiger partial charge in [0, 0.05) is 23.9 Å². The molecular formula is C26H18Cl2N4O3S. The lowest BCUT2D eigenvalue weighted by Crippen LogP contribution is -2.25. The first-order chi connectivity index (χ1) is 17.3. The average Bonchev–Trinajstić information content (AvgIpc) is 3.01. The molecule has 2 aliphatic heterocycles. The Morgan fingerprint density at radius 3 is 2.58 bits per heavy atom. The van der Waals surface area contributed by atoms with Gasteiger partial charge in [0.25, 0.3) is 15.9 Å². The van der Waals surface area contributed by atoms with E-state index in [1.165, 1.54) is 24.3 Å². The van der Waals surface area contributed by atoms with Crippen molar-refractivity contribution in [2.24, 2.45) is 9.98 Å². The lowest BCUT2D eigenvalue weighted by molar-refractivity contribution is 0.100. The Bertz CT molecular complexity index is 1610. The molecule has 180 valence electrons. The first kappa shape index (κ1) is 24.0. The molecule has 5 rings (SSSR count). The largest absolute Gasteiger partial charge is 0.327 e. The number of amidine groups is 2. The maximum atomic E-state index is 13.2. The summed E-state index contributed by atoms with van der Waals surface area (Å²) < 4.78 is 28.3. The molecule has 0 saturated heterocycles. The summed E-state index contributed by atoms with van der Waals surface area (Å²) in [5.41, 5.74) is 1.96. The first-order valence-corrected chi connectivity index (χ1v) is 13.0. The molecule has 0 unspecified atom stereocenters. The number of nitrogens with zero attached hydrogens (tertiary/aromatic N) is 3. The fourth-order valence-corrected chi connectivity index (χ4v) is 5.30. The molecular weight excluding hydrogens is 519 g/mol. The first-order valence-electron chi connectivity index (χ1n) is 10.8. The van der Waals surface area contributed by atoms with Crippen molar-refractivity contribution in [3.8, 4) is 0 Å². The second kappa shape index (κ2) is 9.73. The number of anilines is 1. The Balaban J connectivity index is 1.50. The van der Waals surface area contributed by atoms with Gasteiger partial charge in [-0.1, -0.05) is 65.7 Å². The molecule has 2 aliphatic rings. The smallest absolute Gasteiger partial charge is 0.279 e. The number of benzene rings is 3. The van der Waals surface area contributed by atoms with Gasteiger partial charge in [0.2, 0.25) is 0 Å². The minimum absolute atomic E-state index is 0.0952. The van der Waals surface area contributed by atoms with Gasteiger partial charge in [-0.05, 0) is 48.0 Å². The van der Waals surface area contributed by atoms with E-state index in [1.807, 2.05) is 29.2 Å². The number of sulfonamides is 1. The molecule has 0 bridgehead atoms. The van der Waals surface area contributed by atoms with Crippen LogP contribution in [0.5, 0.6) is 0 Å². The van der Waals surface area contributed by atoms with E-state index in [9.17, 15) is 13.2 Å². The van der Waals surface area contributed by atoms with Crippen LogP contribution in [-0.4, -0.2) is 30.9 Å². The number of carbonyl (C=O) groups is 1. The topological polar surface area (TPSA) is 91.2 Å². The SMILES string of the molecule is O=C(N=C1N=C2C=CC(Cl)=CN2Cc2ccccc21)c1cccc(S(=O)(=O)Nc2ccccc2Cl)c1. The van der Waals surface area contributed by atoms with Crippen molar-refractivity contribution in [2.45, 2.75) is 11.4 Å². The van der Waals surface area contributed by atoms with E-state index in [-0.39, 0.29) is 27.0 Å². The second-order valence-electron chi connectivity index (χ2n) is 7.96. The normalized spacial score (nSPS) is 15.9. The van der Waals surface area contributed by atoms with Gasteiger partial charge in [0.15, 0.2) is 5.84 Å². The highest BCUT2D eigenvalue weighted by atomic mass is 35.5. The number of hydrogen-bond acceptors (Lipinski definition) is 4. The molecule has 1 N–H and O–H groups in total. The van der Waals surface area contributed by atoms with Gasteiger partial charge >= 0.3 is 0 Å². The quantitative estimate of drug-likeness (QED) is 0.470. The summed E-state index contributed by atoms with van der Waals surface area (Å²) in [4.78, 5) is 23.9. The van der Waals surface area contributed by atoms with E-state index in [2.05, 4.69) is 14.7 Å². The fraction of sp³-hybridized carbons (Fsp3) is 0.0385. The van der Waals surface area contributed by atoms with Gasteiger partial charge in [-0.15, -0.1) is 0 Å². The maximum absolute atomic E-state index is 13.2. The molecule has 0 saturated carbocycles. The molecule has 10 heteroatoms. The van der Waals surface area contributed by atoms with Crippen molar-refractivity contribution in [1.29, 1.82) is 0 Å². The predicted octanol–water partition coefficient (Wildman–Crippen LogP) is 5.59. The molecule has 0 fully saturated rings. The number of rotatable bonds is 4. The van der Waals surface area contributed by atoms with Crippen LogP contribution < -0.4 is 4.72 Å². The van der Waals surface area contributed by atoms with Crippen LogP contribution in [0.25, 0.3) is 0 Å². The molecule has 7 nitrogen and oxygen atoms in total. The summed E-state index contributed by atoms with van der Waals surface area (Å²) in [7, 11) is -4.00. The number of allylic oxidation sites excluding steroid dienone is 2. The monoisotopic (exact) mass is 536 g/mol. The van der Waals surface area contributed by atoms with Crippen LogP contribution in [0.1, 0.15) is 21.5 Å². The number of fused-ring (bicyclic) bond motifs is 2. The van der Waals surface area contributed by atoms with Crippen molar-refractivity contribution < 1.29 is 13.2 Å². The lowest BCUT2D eigenvalue weighted by Gasteiger charge is -2.21. The van der Waals surface area contributed by atoms with E-state index < -0.39 is 15.9 Å². The third kappa shape index (κ3) is 4.97. The minimum atomic E-state index is -4.00. The van der Waals surface area contributed by atoms with E-state index in [4.69, 9.17) is 23.2 Å². The van der Waals surface area contributed by atoms with Crippen molar-refractivity contribution in [3.63, 3.8) is 0 Å². The van der Waals surface area contributed by atoms with E-state index in [1.54, 1.807) is 42.6 Å². The molecule has 3 aromatic carbocycles. The fourth-order valence-electron chi connectivity index (χ4n) is 3.75. The second-order valence-corrected chi connectivity index (χ2v) is 10.5. The zero-order valence-electron chi connectivity index (χ0n) is 18.6. The number of halogens is 2. The number of aliphatic imine (C=N–C) groups is 2. The van der Waals surface area contributed by atoms with Crippen molar-refractivity contribution in [3.05, 3.63) is 118 Å². The number of nitrogens with one attached hydrogen (secondary N) is 1. The Morgan fingerprint density at radius 1 is 0.972 bits per heavy atom. The average molecular weight is 537 g/mol. The van der Waals surface area contributed by atoms with Gasteiger partial charge in [-0.25, -0.2) is 13.4 Å². The Labute approximate surface area is 218 Å². The van der Waals surface area contributed by atoms with Crippen LogP contribution in [0.4, 0.5) is 5.69 Å². The zero-order valence-corrected chi connectivity index (χ0v) is 20.9. The highest BCUT2D eigenvalue weighted by Crippen LogP contribution is 2.26. The number of hydrogen-bond donors (Lipinski definition) is 1. The lowest BCUT2D eigenvalue weighted by atomic mass is 10.1. The molecule has 1 amide bonds. The van der Waals surface area contributed by atoms with Gasteiger partial charge in [0.05, 0.1) is 20.6 Å². The molecule has 0 radical (unpaired) electrons. The van der Waals surface area contributed by atoms with Crippen molar-refractivity contribution in [1.82, 2.24) is 4.90 Å². The summed E-state index contributed by atoms with van der Waals surface area (Å²) in [6.45, 7) is 0.504.